The van der Waals surface area contributed by atoms with Crippen LogP contribution in [0.15, 0.2) is 23.6 Å². The van der Waals surface area contributed by atoms with Crippen molar-refractivity contribution in [1.82, 2.24) is 15.5 Å². The Bertz CT molecular complexity index is 915. The van der Waals surface area contributed by atoms with Crippen LogP contribution in [0, 0.1) is 13.8 Å². The Morgan fingerprint density at radius 3 is 2.88 bits per heavy atom. The van der Waals surface area contributed by atoms with Crippen LogP contribution in [0.5, 0.6) is 5.75 Å². The van der Waals surface area contributed by atoms with Crippen molar-refractivity contribution in [3.63, 3.8) is 0 Å². The van der Waals surface area contributed by atoms with E-state index >= 15 is 0 Å². The standard InChI is InChI=1S/C19H22N4OS/c1-11-12(2)19(21-13-4-3-8-20-10-13)23-22-17(11)15-5-6-16-14(18(15)24)7-9-25-16/h5-7,9,13,20,24H,3-4,8,10H2,1-2H3,(H,21,23)/t13-/m1/s1. The Kier molecular flexibility index (Phi) is 4.31. The number of nitrogens with one attached hydrogen (secondary N) is 2. The molecule has 1 aliphatic rings. The van der Waals surface area contributed by atoms with Crippen LogP contribution in [0.25, 0.3) is 21.3 Å². The van der Waals surface area contributed by atoms with E-state index in [2.05, 4.69) is 27.8 Å². The number of fused-ring (bicyclic) bond motifs is 1. The van der Waals surface area contributed by atoms with E-state index in [0.717, 1.165) is 57.8 Å². The number of aromatic nitrogens is 2. The van der Waals surface area contributed by atoms with Gasteiger partial charge in [-0.15, -0.1) is 21.5 Å². The van der Waals surface area contributed by atoms with Crippen molar-refractivity contribution < 1.29 is 5.11 Å². The third kappa shape index (κ3) is 2.96. The molecule has 0 aliphatic carbocycles. The molecule has 3 aromatic rings. The van der Waals surface area contributed by atoms with Gasteiger partial charge < -0.3 is 15.7 Å². The van der Waals surface area contributed by atoms with E-state index in [1.807, 2.05) is 30.5 Å². The second-order valence-electron chi connectivity index (χ2n) is 6.63. The topological polar surface area (TPSA) is 70.1 Å². The molecule has 3 N–H and O–H groups in total. The molecule has 0 bridgehead atoms. The Hall–Kier alpha value is -2.18. The molecule has 0 radical (unpaired) electrons. The molecule has 130 valence electrons. The van der Waals surface area contributed by atoms with E-state index in [4.69, 9.17) is 0 Å². The fourth-order valence-electron chi connectivity index (χ4n) is 3.39. The fraction of sp³-hybridized carbons (Fsp3) is 0.368. The van der Waals surface area contributed by atoms with Gasteiger partial charge in [-0.1, -0.05) is 0 Å². The van der Waals surface area contributed by atoms with Crippen LogP contribution in [0.3, 0.4) is 0 Å². The predicted molar refractivity (Wildman–Crippen MR) is 104 cm³/mol. The number of phenols is 1. The van der Waals surface area contributed by atoms with E-state index in [1.165, 1.54) is 6.42 Å². The maximum Gasteiger partial charge on any atom is 0.152 e. The van der Waals surface area contributed by atoms with Crippen molar-refractivity contribution in [1.29, 1.82) is 0 Å². The van der Waals surface area contributed by atoms with E-state index in [9.17, 15) is 5.11 Å². The summed E-state index contributed by atoms with van der Waals surface area (Å²) in [5.74, 6) is 1.12. The van der Waals surface area contributed by atoms with Gasteiger partial charge in [-0.3, -0.25) is 0 Å². The molecule has 0 unspecified atom stereocenters. The zero-order valence-electron chi connectivity index (χ0n) is 14.5. The maximum absolute atomic E-state index is 10.7. The molecular weight excluding hydrogens is 332 g/mol. The first-order chi connectivity index (χ1) is 12.1. The summed E-state index contributed by atoms with van der Waals surface area (Å²) in [6.07, 6.45) is 2.32. The number of rotatable bonds is 3. The number of benzene rings is 1. The van der Waals surface area contributed by atoms with Crippen molar-refractivity contribution in [2.75, 3.05) is 18.4 Å². The fourth-order valence-corrected chi connectivity index (χ4v) is 4.18. The highest BCUT2D eigenvalue weighted by Gasteiger charge is 2.19. The summed E-state index contributed by atoms with van der Waals surface area (Å²) >= 11 is 1.62. The van der Waals surface area contributed by atoms with E-state index in [-0.39, 0.29) is 5.75 Å². The Labute approximate surface area is 151 Å². The van der Waals surface area contributed by atoms with Gasteiger partial charge in [0.15, 0.2) is 5.82 Å². The molecule has 6 heteroatoms. The zero-order chi connectivity index (χ0) is 17.4. The first-order valence-corrected chi connectivity index (χ1v) is 9.54. The van der Waals surface area contributed by atoms with Gasteiger partial charge >= 0.3 is 0 Å². The number of aromatic hydroxyl groups is 1. The van der Waals surface area contributed by atoms with Gasteiger partial charge in [0.1, 0.15) is 5.75 Å². The lowest BCUT2D eigenvalue weighted by Gasteiger charge is -2.25. The van der Waals surface area contributed by atoms with Gasteiger partial charge in [-0.05, 0) is 67.9 Å². The summed E-state index contributed by atoms with van der Waals surface area (Å²) < 4.78 is 1.08. The van der Waals surface area contributed by atoms with Gasteiger partial charge in [-0.2, -0.15) is 0 Å². The number of piperidine rings is 1. The largest absolute Gasteiger partial charge is 0.507 e. The molecule has 1 aliphatic heterocycles. The number of thiophene rings is 1. The number of phenolic OH excluding ortho intramolecular Hbond substituents is 1. The average Bonchev–Trinajstić information content (AvgIpc) is 3.11. The van der Waals surface area contributed by atoms with E-state index in [0.29, 0.717) is 6.04 Å². The van der Waals surface area contributed by atoms with Crippen LogP contribution in [0.4, 0.5) is 5.82 Å². The maximum atomic E-state index is 10.7. The normalized spacial score (nSPS) is 17.8. The summed E-state index contributed by atoms with van der Waals surface area (Å²) in [4.78, 5) is 0. The molecule has 1 fully saturated rings. The minimum absolute atomic E-state index is 0.285. The summed E-state index contributed by atoms with van der Waals surface area (Å²) in [6, 6.07) is 6.30. The molecule has 0 spiro atoms. The van der Waals surface area contributed by atoms with Gasteiger partial charge in [0, 0.05) is 28.2 Å². The minimum atomic E-state index is 0.285. The third-order valence-corrected chi connectivity index (χ3v) is 5.90. The molecular formula is C19H22N4OS. The van der Waals surface area contributed by atoms with Crippen molar-refractivity contribution in [2.45, 2.75) is 32.7 Å². The summed E-state index contributed by atoms with van der Waals surface area (Å²) in [5, 5.41) is 29.3. The predicted octanol–water partition coefficient (Wildman–Crippen LogP) is 3.84. The quantitative estimate of drug-likeness (QED) is 0.666. The Morgan fingerprint density at radius 2 is 2.08 bits per heavy atom. The van der Waals surface area contributed by atoms with E-state index < -0.39 is 0 Å². The smallest absolute Gasteiger partial charge is 0.152 e. The lowest BCUT2D eigenvalue weighted by molar-refractivity contribution is 0.478. The molecule has 2 aromatic heterocycles. The SMILES string of the molecule is Cc1c(N[C@@H]2CCCNC2)nnc(-c2ccc3sccc3c2O)c1C. The second kappa shape index (κ2) is 6.61. The van der Waals surface area contributed by atoms with Gasteiger partial charge in [-0.25, -0.2) is 0 Å². The van der Waals surface area contributed by atoms with Crippen LogP contribution in [0.2, 0.25) is 0 Å². The first kappa shape index (κ1) is 16.3. The second-order valence-corrected chi connectivity index (χ2v) is 7.58. The first-order valence-electron chi connectivity index (χ1n) is 8.66. The number of hydrogen-bond acceptors (Lipinski definition) is 6. The lowest BCUT2D eigenvalue weighted by Crippen LogP contribution is -2.38. The summed E-state index contributed by atoms with van der Waals surface area (Å²) in [7, 11) is 0. The van der Waals surface area contributed by atoms with Crippen molar-refractivity contribution in [3.05, 3.63) is 34.7 Å². The van der Waals surface area contributed by atoms with Crippen LogP contribution in [-0.2, 0) is 0 Å². The van der Waals surface area contributed by atoms with Gasteiger partial charge in [0.2, 0.25) is 0 Å². The van der Waals surface area contributed by atoms with E-state index in [1.54, 1.807) is 11.3 Å². The van der Waals surface area contributed by atoms with Crippen LogP contribution in [-0.4, -0.2) is 34.4 Å². The Morgan fingerprint density at radius 1 is 1.20 bits per heavy atom. The van der Waals surface area contributed by atoms with Gasteiger partial charge in [0.05, 0.1) is 5.69 Å². The third-order valence-electron chi connectivity index (χ3n) is 5.02. The number of nitrogens with zero attached hydrogens (tertiary/aromatic N) is 2. The minimum Gasteiger partial charge on any atom is -0.507 e. The molecule has 3 heterocycles. The zero-order valence-corrected chi connectivity index (χ0v) is 15.3. The summed E-state index contributed by atoms with van der Waals surface area (Å²) in [5.41, 5.74) is 3.62. The molecule has 5 nitrogen and oxygen atoms in total. The molecule has 4 rings (SSSR count). The van der Waals surface area contributed by atoms with Crippen LogP contribution < -0.4 is 10.6 Å². The van der Waals surface area contributed by atoms with Crippen molar-refractivity contribution in [2.24, 2.45) is 0 Å². The monoisotopic (exact) mass is 354 g/mol. The molecule has 0 saturated carbocycles. The van der Waals surface area contributed by atoms with Crippen molar-refractivity contribution >= 4 is 27.2 Å². The molecule has 1 atom stereocenters. The lowest BCUT2D eigenvalue weighted by atomic mass is 10.0. The molecule has 1 aromatic carbocycles. The van der Waals surface area contributed by atoms with Crippen LogP contribution in [0.1, 0.15) is 24.0 Å². The highest BCUT2D eigenvalue weighted by molar-refractivity contribution is 7.17. The van der Waals surface area contributed by atoms with Crippen LogP contribution >= 0.6 is 11.3 Å². The summed E-state index contributed by atoms with van der Waals surface area (Å²) in [6.45, 7) is 6.15. The molecule has 25 heavy (non-hydrogen) atoms. The molecule has 0 amide bonds. The van der Waals surface area contributed by atoms with Gasteiger partial charge in [0.25, 0.3) is 0 Å². The average molecular weight is 354 g/mol. The number of anilines is 1. The van der Waals surface area contributed by atoms with Crippen molar-refractivity contribution in [3.8, 4) is 17.0 Å². The number of hydrogen-bond donors (Lipinski definition) is 3. The highest BCUT2D eigenvalue weighted by Crippen LogP contribution is 2.39. The molecule has 1 saturated heterocycles. The Balaban J connectivity index is 1.70. The highest BCUT2D eigenvalue weighted by atomic mass is 32.1.